The fourth-order valence-electron chi connectivity index (χ4n) is 2.39. The van der Waals surface area contributed by atoms with Crippen LogP contribution in [0.2, 0.25) is 10.1 Å². The standard InChI is InChI=1S/C16H32Cl4Se/c1-3-5-7-9-11-15(18)14-21(19,20)16(13-17)12-10-8-6-4-2/h15-16H,3-14H2,1-2H3. The topological polar surface area (TPSA) is 0 Å². The second-order valence-corrected chi connectivity index (χ2v) is 18.0. The van der Waals surface area contributed by atoms with Crippen LogP contribution >= 0.6 is 43.4 Å². The van der Waals surface area contributed by atoms with Crippen molar-refractivity contribution in [2.45, 2.75) is 93.6 Å². The maximum atomic E-state index is 6.70. The number of unbranched alkanes of at least 4 members (excludes halogenated alkanes) is 6. The molecule has 2 atom stereocenters. The summed E-state index contributed by atoms with van der Waals surface area (Å²) in [6, 6.07) is 0. The molecule has 0 radical (unpaired) electrons. The zero-order valence-electron chi connectivity index (χ0n) is 13.6. The molecule has 0 aromatic carbocycles. The second kappa shape index (κ2) is 14.1. The van der Waals surface area contributed by atoms with Gasteiger partial charge < -0.3 is 0 Å². The number of hydrogen-bond donors (Lipinski definition) is 0. The third-order valence-corrected chi connectivity index (χ3v) is 14.0. The molecule has 5 heteroatoms. The Kier molecular flexibility index (Phi) is 15.2. The average Bonchev–Trinajstić information content (AvgIpc) is 2.43. The van der Waals surface area contributed by atoms with Gasteiger partial charge in [0.25, 0.3) is 0 Å². The predicted molar refractivity (Wildman–Crippen MR) is 104 cm³/mol. The van der Waals surface area contributed by atoms with E-state index in [2.05, 4.69) is 13.8 Å². The molecule has 0 bridgehead atoms. The normalized spacial score (nSPS) is 15.9. The van der Waals surface area contributed by atoms with Crippen LogP contribution in [0.5, 0.6) is 0 Å². The van der Waals surface area contributed by atoms with Gasteiger partial charge in [0.1, 0.15) is 0 Å². The van der Waals surface area contributed by atoms with Crippen molar-refractivity contribution in [2.75, 3.05) is 5.88 Å². The molecular weight excluding hydrogens is 413 g/mol. The molecule has 130 valence electrons. The molecule has 0 saturated carbocycles. The molecule has 0 rings (SSSR count). The minimum atomic E-state index is -2.54. The summed E-state index contributed by atoms with van der Waals surface area (Å²) in [7, 11) is 13.4. The Morgan fingerprint density at radius 2 is 1.33 bits per heavy atom. The summed E-state index contributed by atoms with van der Waals surface area (Å²) in [5.74, 6) is 0.582. The van der Waals surface area contributed by atoms with Crippen LogP contribution in [0, 0.1) is 0 Å². The van der Waals surface area contributed by atoms with Gasteiger partial charge in [-0.05, 0) is 0 Å². The maximum absolute atomic E-state index is 6.70. The Morgan fingerprint density at radius 1 is 0.810 bits per heavy atom. The average molecular weight is 445 g/mol. The molecular formula is C16H32Cl4Se. The van der Waals surface area contributed by atoms with Gasteiger partial charge in [-0.1, -0.05) is 0 Å². The van der Waals surface area contributed by atoms with Gasteiger partial charge >= 0.3 is 154 Å². The summed E-state index contributed by atoms with van der Waals surface area (Å²) in [4.78, 5) is 0.292. The summed E-state index contributed by atoms with van der Waals surface area (Å²) in [6.07, 6.45) is 12.1. The molecule has 0 aromatic rings. The monoisotopic (exact) mass is 444 g/mol. The van der Waals surface area contributed by atoms with E-state index >= 15 is 0 Å². The van der Waals surface area contributed by atoms with Crippen LogP contribution < -0.4 is 0 Å². The number of hydrogen-bond acceptors (Lipinski definition) is 0. The zero-order chi connectivity index (χ0) is 16.1. The molecule has 0 spiro atoms. The summed E-state index contributed by atoms with van der Waals surface area (Å²) in [5, 5.41) is 0.913. The van der Waals surface area contributed by atoms with E-state index in [4.69, 9.17) is 43.4 Å². The van der Waals surface area contributed by atoms with Crippen LogP contribution in [-0.4, -0.2) is 22.3 Å². The van der Waals surface area contributed by atoms with Crippen molar-refractivity contribution < 1.29 is 0 Å². The van der Waals surface area contributed by atoms with E-state index < -0.39 is 11.0 Å². The fraction of sp³-hybridized carbons (Fsp3) is 1.00. The Bertz CT molecular complexity index is 236. The molecule has 0 aromatic heterocycles. The summed E-state index contributed by atoms with van der Waals surface area (Å²) < 4.78 is 0. The quantitative estimate of drug-likeness (QED) is 0.144. The number of rotatable bonds is 14. The van der Waals surface area contributed by atoms with E-state index in [1.165, 1.54) is 51.4 Å². The second-order valence-electron chi connectivity index (χ2n) is 5.86. The van der Waals surface area contributed by atoms with Gasteiger partial charge in [0.2, 0.25) is 0 Å². The van der Waals surface area contributed by atoms with Gasteiger partial charge in [-0.3, -0.25) is 0 Å². The van der Waals surface area contributed by atoms with Crippen molar-refractivity contribution in [2.24, 2.45) is 0 Å². The molecule has 0 nitrogen and oxygen atoms in total. The van der Waals surface area contributed by atoms with E-state index in [-0.39, 0.29) is 5.38 Å². The Labute approximate surface area is 153 Å². The summed E-state index contributed by atoms with van der Waals surface area (Å²) in [5.41, 5.74) is 0. The molecule has 0 aliphatic rings. The van der Waals surface area contributed by atoms with Gasteiger partial charge in [0, 0.05) is 0 Å². The first-order chi connectivity index (χ1) is 9.97. The van der Waals surface area contributed by atoms with Crippen LogP contribution in [0.25, 0.3) is 0 Å². The van der Waals surface area contributed by atoms with Crippen molar-refractivity contribution in [3.05, 3.63) is 0 Å². The number of halogens is 4. The van der Waals surface area contributed by atoms with Gasteiger partial charge in [0.05, 0.1) is 0 Å². The van der Waals surface area contributed by atoms with E-state index in [9.17, 15) is 0 Å². The third-order valence-electron chi connectivity index (χ3n) is 3.81. The van der Waals surface area contributed by atoms with Gasteiger partial charge in [-0.2, -0.15) is 0 Å². The molecule has 0 heterocycles. The van der Waals surface area contributed by atoms with Crippen molar-refractivity contribution in [1.29, 1.82) is 0 Å². The third kappa shape index (κ3) is 11.8. The van der Waals surface area contributed by atoms with E-state index in [0.717, 1.165) is 18.2 Å². The van der Waals surface area contributed by atoms with Crippen LogP contribution in [-0.2, 0) is 0 Å². The van der Waals surface area contributed by atoms with E-state index in [1.807, 2.05) is 0 Å². The summed E-state index contributed by atoms with van der Waals surface area (Å²) >= 11 is 10.0. The van der Waals surface area contributed by atoms with Crippen LogP contribution in [0.3, 0.4) is 0 Å². The summed E-state index contributed by atoms with van der Waals surface area (Å²) in [6.45, 7) is 4.44. The molecule has 0 fully saturated rings. The Hall–Kier alpha value is 1.68. The first-order valence-corrected chi connectivity index (χ1v) is 16.0. The number of alkyl halides is 2. The molecule has 0 N–H and O–H groups in total. The van der Waals surface area contributed by atoms with Crippen LogP contribution in [0.1, 0.15) is 78.1 Å². The molecule has 21 heavy (non-hydrogen) atoms. The zero-order valence-corrected chi connectivity index (χ0v) is 18.3. The Morgan fingerprint density at radius 3 is 1.81 bits per heavy atom. The first kappa shape index (κ1) is 22.7. The van der Waals surface area contributed by atoms with Crippen molar-refractivity contribution in [1.82, 2.24) is 0 Å². The predicted octanol–water partition coefficient (Wildman–Crippen LogP) is 8.06. The van der Waals surface area contributed by atoms with Crippen molar-refractivity contribution in [3.8, 4) is 0 Å². The van der Waals surface area contributed by atoms with Gasteiger partial charge in [-0.15, -0.1) is 0 Å². The van der Waals surface area contributed by atoms with E-state index in [1.54, 1.807) is 0 Å². The van der Waals surface area contributed by atoms with E-state index in [0.29, 0.717) is 10.7 Å². The molecule has 0 saturated heterocycles. The van der Waals surface area contributed by atoms with Crippen LogP contribution in [0.4, 0.5) is 0 Å². The van der Waals surface area contributed by atoms with Gasteiger partial charge in [-0.25, -0.2) is 0 Å². The Balaban J connectivity index is 4.08. The molecule has 0 aliphatic heterocycles. The first-order valence-electron chi connectivity index (χ1n) is 8.37. The van der Waals surface area contributed by atoms with Crippen molar-refractivity contribution >= 4 is 54.4 Å². The van der Waals surface area contributed by atoms with Crippen LogP contribution in [0.15, 0.2) is 0 Å². The molecule has 0 aliphatic carbocycles. The molecule has 2 unspecified atom stereocenters. The van der Waals surface area contributed by atoms with Gasteiger partial charge in [0.15, 0.2) is 0 Å². The van der Waals surface area contributed by atoms with Crippen molar-refractivity contribution in [3.63, 3.8) is 0 Å². The minimum absolute atomic E-state index is 0.123. The fourth-order valence-corrected chi connectivity index (χ4v) is 12.7. The molecule has 0 amide bonds. The SMILES string of the molecule is CCCCCCC(Cl)C[Se](Cl)(Cl)C(CCl)CCCCCC.